The number of nitrogens with zero attached hydrogens (tertiary/aromatic N) is 1. The smallest absolute Gasteiger partial charge is 0.315 e. The van der Waals surface area contributed by atoms with E-state index in [4.69, 9.17) is 0 Å². The maximum Gasteiger partial charge on any atom is 0.315 e. The number of aryl methyl sites for hydroxylation is 1. The van der Waals surface area contributed by atoms with Gasteiger partial charge >= 0.3 is 6.03 Å². The summed E-state index contributed by atoms with van der Waals surface area (Å²) in [6.45, 7) is 4.74. The molecular formula is C18H24FN3O2. The Hall–Kier alpha value is -2.11. The number of urea groups is 1. The molecule has 1 saturated heterocycles. The van der Waals surface area contributed by atoms with E-state index >= 15 is 0 Å². The van der Waals surface area contributed by atoms with Crippen molar-refractivity contribution >= 4 is 11.9 Å². The summed E-state index contributed by atoms with van der Waals surface area (Å²) in [4.78, 5) is 25.9. The summed E-state index contributed by atoms with van der Waals surface area (Å²) in [6, 6.07) is 4.83. The van der Waals surface area contributed by atoms with E-state index in [9.17, 15) is 14.0 Å². The summed E-state index contributed by atoms with van der Waals surface area (Å²) < 4.78 is 13.6. The Morgan fingerprint density at radius 2 is 2.17 bits per heavy atom. The second-order valence-corrected chi connectivity index (χ2v) is 6.93. The fourth-order valence-corrected chi connectivity index (χ4v) is 3.13. The van der Waals surface area contributed by atoms with E-state index in [0.29, 0.717) is 24.6 Å². The first-order valence-corrected chi connectivity index (χ1v) is 8.54. The number of hydrogen-bond donors (Lipinski definition) is 2. The molecule has 1 saturated carbocycles. The van der Waals surface area contributed by atoms with Gasteiger partial charge in [0.2, 0.25) is 5.91 Å². The molecule has 1 aliphatic carbocycles. The number of halogens is 1. The van der Waals surface area contributed by atoms with Crippen LogP contribution < -0.4 is 10.6 Å². The van der Waals surface area contributed by atoms with E-state index in [0.717, 1.165) is 24.9 Å². The van der Waals surface area contributed by atoms with Crippen LogP contribution in [0.15, 0.2) is 18.2 Å². The SMILES string of the molecule is Cc1ccc(C(C)NC(=O)NCC2CC(=O)N(C3CC3)C2)cc1F. The van der Waals surface area contributed by atoms with Crippen molar-refractivity contribution in [3.63, 3.8) is 0 Å². The van der Waals surface area contributed by atoms with Gasteiger partial charge in [0.25, 0.3) is 0 Å². The van der Waals surface area contributed by atoms with Gasteiger partial charge in [0.15, 0.2) is 0 Å². The third-order valence-corrected chi connectivity index (χ3v) is 4.82. The van der Waals surface area contributed by atoms with Crippen molar-refractivity contribution in [2.75, 3.05) is 13.1 Å². The average Bonchev–Trinajstić information content (AvgIpc) is 3.31. The molecule has 0 bridgehead atoms. The fourth-order valence-electron chi connectivity index (χ4n) is 3.13. The van der Waals surface area contributed by atoms with Gasteiger partial charge in [-0.15, -0.1) is 0 Å². The summed E-state index contributed by atoms with van der Waals surface area (Å²) >= 11 is 0. The Labute approximate surface area is 141 Å². The summed E-state index contributed by atoms with van der Waals surface area (Å²) in [5.41, 5.74) is 1.31. The van der Waals surface area contributed by atoms with Crippen LogP contribution in [0.4, 0.5) is 9.18 Å². The van der Waals surface area contributed by atoms with Gasteiger partial charge in [-0.3, -0.25) is 4.79 Å². The van der Waals surface area contributed by atoms with Crippen LogP contribution in [0.2, 0.25) is 0 Å². The van der Waals surface area contributed by atoms with Gasteiger partial charge in [-0.2, -0.15) is 0 Å². The lowest BCUT2D eigenvalue weighted by Gasteiger charge is -2.18. The molecule has 6 heteroatoms. The molecule has 1 heterocycles. The number of likely N-dealkylation sites (tertiary alicyclic amines) is 1. The van der Waals surface area contributed by atoms with Gasteiger partial charge in [0.05, 0.1) is 6.04 Å². The van der Waals surface area contributed by atoms with Crippen LogP contribution in [0.1, 0.15) is 43.4 Å². The Morgan fingerprint density at radius 3 is 2.83 bits per heavy atom. The Bertz CT molecular complexity index is 645. The second-order valence-electron chi connectivity index (χ2n) is 6.93. The molecule has 3 amide bonds. The Balaban J connectivity index is 1.45. The van der Waals surface area contributed by atoms with Crippen molar-refractivity contribution in [2.24, 2.45) is 5.92 Å². The zero-order chi connectivity index (χ0) is 17.3. The van der Waals surface area contributed by atoms with Crippen molar-refractivity contribution in [3.8, 4) is 0 Å². The first-order valence-electron chi connectivity index (χ1n) is 8.54. The monoisotopic (exact) mass is 333 g/mol. The predicted molar refractivity (Wildman–Crippen MR) is 88.9 cm³/mol. The molecule has 24 heavy (non-hydrogen) atoms. The topological polar surface area (TPSA) is 61.4 Å². The minimum atomic E-state index is -0.291. The molecule has 2 unspecified atom stereocenters. The van der Waals surface area contributed by atoms with Crippen molar-refractivity contribution in [2.45, 2.75) is 45.2 Å². The number of nitrogens with one attached hydrogen (secondary N) is 2. The van der Waals surface area contributed by atoms with E-state index in [2.05, 4.69) is 10.6 Å². The molecule has 130 valence electrons. The van der Waals surface area contributed by atoms with Crippen LogP contribution in [-0.2, 0) is 4.79 Å². The minimum Gasteiger partial charge on any atom is -0.339 e. The van der Waals surface area contributed by atoms with E-state index in [-0.39, 0.29) is 29.7 Å². The molecule has 2 N–H and O–H groups in total. The third kappa shape index (κ3) is 3.86. The van der Waals surface area contributed by atoms with E-state index in [1.54, 1.807) is 13.0 Å². The van der Waals surface area contributed by atoms with Gasteiger partial charge in [0, 0.05) is 31.5 Å². The molecule has 2 fully saturated rings. The zero-order valence-electron chi connectivity index (χ0n) is 14.1. The normalized spacial score (nSPS) is 21.7. The standard InChI is InChI=1S/C18H24FN3O2/c1-11-3-4-14(8-16(11)19)12(2)21-18(24)20-9-13-7-17(23)22(10-13)15-5-6-15/h3-4,8,12-13,15H,5-7,9-10H2,1-2H3,(H2,20,21,24). The lowest BCUT2D eigenvalue weighted by Crippen LogP contribution is -2.40. The van der Waals surface area contributed by atoms with Crippen LogP contribution in [0, 0.1) is 18.7 Å². The molecule has 5 nitrogen and oxygen atoms in total. The molecule has 1 aliphatic heterocycles. The molecule has 2 atom stereocenters. The molecule has 0 radical (unpaired) electrons. The van der Waals surface area contributed by atoms with Crippen molar-refractivity contribution in [1.29, 1.82) is 0 Å². The third-order valence-electron chi connectivity index (χ3n) is 4.82. The van der Waals surface area contributed by atoms with Crippen LogP contribution in [0.25, 0.3) is 0 Å². The average molecular weight is 333 g/mol. The zero-order valence-corrected chi connectivity index (χ0v) is 14.1. The van der Waals surface area contributed by atoms with Gasteiger partial charge in [0.1, 0.15) is 5.82 Å². The number of carbonyl (C=O) groups excluding carboxylic acids is 2. The summed E-state index contributed by atoms with van der Waals surface area (Å²) in [6.07, 6.45) is 2.73. The van der Waals surface area contributed by atoms with E-state index in [1.807, 2.05) is 17.9 Å². The number of hydrogen-bond acceptors (Lipinski definition) is 2. The van der Waals surface area contributed by atoms with Crippen LogP contribution in [0.3, 0.4) is 0 Å². The Morgan fingerprint density at radius 1 is 1.42 bits per heavy atom. The highest BCUT2D eigenvalue weighted by atomic mass is 19.1. The number of rotatable bonds is 5. The first kappa shape index (κ1) is 16.7. The summed E-state index contributed by atoms with van der Waals surface area (Å²) in [5.74, 6) is 0.107. The molecule has 1 aromatic rings. The van der Waals surface area contributed by atoms with Gasteiger partial charge in [-0.1, -0.05) is 12.1 Å². The van der Waals surface area contributed by atoms with Crippen molar-refractivity contribution in [1.82, 2.24) is 15.5 Å². The lowest BCUT2D eigenvalue weighted by molar-refractivity contribution is -0.128. The number of benzene rings is 1. The quantitative estimate of drug-likeness (QED) is 0.870. The lowest BCUT2D eigenvalue weighted by atomic mass is 10.1. The molecule has 0 spiro atoms. The van der Waals surface area contributed by atoms with Gasteiger partial charge < -0.3 is 15.5 Å². The maximum absolute atomic E-state index is 13.6. The van der Waals surface area contributed by atoms with Crippen LogP contribution >= 0.6 is 0 Å². The minimum absolute atomic E-state index is 0.177. The molecule has 1 aromatic carbocycles. The molecule has 3 rings (SSSR count). The highest BCUT2D eigenvalue weighted by Gasteiger charge is 2.39. The second kappa shape index (κ2) is 6.79. The van der Waals surface area contributed by atoms with Gasteiger partial charge in [-0.05, 0) is 43.9 Å². The van der Waals surface area contributed by atoms with E-state index < -0.39 is 0 Å². The van der Waals surface area contributed by atoms with Crippen LogP contribution in [-0.4, -0.2) is 36.0 Å². The highest BCUT2D eigenvalue weighted by Crippen LogP contribution is 2.32. The van der Waals surface area contributed by atoms with Crippen molar-refractivity contribution < 1.29 is 14.0 Å². The van der Waals surface area contributed by atoms with Crippen molar-refractivity contribution in [3.05, 3.63) is 35.1 Å². The molecular weight excluding hydrogens is 309 g/mol. The summed E-state index contributed by atoms with van der Waals surface area (Å²) in [5, 5.41) is 5.64. The molecule has 0 aromatic heterocycles. The Kier molecular flexibility index (Phi) is 4.73. The number of carbonyl (C=O) groups is 2. The maximum atomic E-state index is 13.6. The van der Waals surface area contributed by atoms with Crippen LogP contribution in [0.5, 0.6) is 0 Å². The van der Waals surface area contributed by atoms with Gasteiger partial charge in [-0.25, -0.2) is 9.18 Å². The summed E-state index contributed by atoms with van der Waals surface area (Å²) in [7, 11) is 0. The largest absolute Gasteiger partial charge is 0.339 e. The molecule has 2 aliphatic rings. The predicted octanol–water partition coefficient (Wildman–Crippen LogP) is 2.51. The van der Waals surface area contributed by atoms with E-state index in [1.165, 1.54) is 6.07 Å². The first-order chi connectivity index (χ1) is 11.4. The highest BCUT2D eigenvalue weighted by molar-refractivity contribution is 5.79. The number of amides is 3. The fraction of sp³-hybridized carbons (Fsp3) is 0.556.